The molecule has 0 N–H and O–H groups in total. The molecule has 0 amide bonds. The van der Waals surface area contributed by atoms with Gasteiger partial charge in [-0.3, -0.25) is 0 Å². The second kappa shape index (κ2) is 6.39. The summed E-state index contributed by atoms with van der Waals surface area (Å²) < 4.78 is 6.35. The van der Waals surface area contributed by atoms with Gasteiger partial charge in [0.05, 0.1) is 5.39 Å². The Bertz CT molecular complexity index is 1580. The van der Waals surface area contributed by atoms with Crippen molar-refractivity contribution < 1.29 is 4.42 Å². The Morgan fingerprint density at radius 1 is 0.733 bits per heavy atom. The number of furan rings is 1. The summed E-state index contributed by atoms with van der Waals surface area (Å²) in [6.45, 7) is 4.46. The van der Waals surface area contributed by atoms with E-state index in [0.717, 1.165) is 38.7 Å². The third kappa shape index (κ3) is 2.38. The van der Waals surface area contributed by atoms with Crippen LogP contribution in [0, 0.1) is 0 Å². The SMILES string of the molecule is CC(C)c1ccc(-c2ncnc3c2oc2ccc4ccccc4c23)c2ccccc12. The van der Waals surface area contributed by atoms with Gasteiger partial charge in [-0.15, -0.1) is 0 Å². The fraction of sp³-hybridized carbons (Fsp3) is 0.111. The minimum atomic E-state index is 0.451. The summed E-state index contributed by atoms with van der Waals surface area (Å²) in [5.41, 5.74) is 5.71. The van der Waals surface area contributed by atoms with E-state index in [9.17, 15) is 0 Å². The molecule has 0 spiro atoms. The van der Waals surface area contributed by atoms with Crippen molar-refractivity contribution >= 4 is 43.6 Å². The highest BCUT2D eigenvalue weighted by Crippen LogP contribution is 2.39. The second-order valence-corrected chi connectivity index (χ2v) is 8.06. The van der Waals surface area contributed by atoms with Gasteiger partial charge in [-0.1, -0.05) is 80.6 Å². The van der Waals surface area contributed by atoms with Crippen LogP contribution in [0.3, 0.4) is 0 Å². The molecule has 2 aromatic heterocycles. The molecule has 0 unspecified atom stereocenters. The molecule has 144 valence electrons. The maximum absolute atomic E-state index is 6.35. The van der Waals surface area contributed by atoms with Gasteiger partial charge in [-0.25, -0.2) is 9.97 Å². The van der Waals surface area contributed by atoms with Gasteiger partial charge in [0.25, 0.3) is 0 Å². The highest BCUT2D eigenvalue weighted by molar-refractivity contribution is 6.19. The van der Waals surface area contributed by atoms with E-state index in [4.69, 9.17) is 4.42 Å². The quantitative estimate of drug-likeness (QED) is 0.309. The zero-order valence-electron chi connectivity index (χ0n) is 16.9. The summed E-state index contributed by atoms with van der Waals surface area (Å²) in [5, 5.41) is 5.83. The Kier molecular flexibility index (Phi) is 3.66. The van der Waals surface area contributed by atoms with Gasteiger partial charge in [-0.05, 0) is 39.1 Å². The van der Waals surface area contributed by atoms with E-state index in [1.807, 2.05) is 6.07 Å². The molecule has 0 saturated carbocycles. The largest absolute Gasteiger partial charge is 0.452 e. The van der Waals surface area contributed by atoms with Crippen molar-refractivity contribution in [2.45, 2.75) is 19.8 Å². The Morgan fingerprint density at radius 3 is 2.33 bits per heavy atom. The van der Waals surface area contributed by atoms with E-state index >= 15 is 0 Å². The van der Waals surface area contributed by atoms with Crippen molar-refractivity contribution in [1.29, 1.82) is 0 Å². The predicted octanol–water partition coefficient (Wildman–Crippen LogP) is 7.47. The van der Waals surface area contributed by atoms with Crippen LogP contribution < -0.4 is 0 Å². The highest BCUT2D eigenvalue weighted by atomic mass is 16.3. The van der Waals surface area contributed by atoms with Crippen molar-refractivity contribution in [3.63, 3.8) is 0 Å². The summed E-state index contributed by atoms with van der Waals surface area (Å²) in [6.07, 6.45) is 1.65. The van der Waals surface area contributed by atoms with Gasteiger partial charge in [0.15, 0.2) is 5.58 Å². The lowest BCUT2D eigenvalue weighted by atomic mass is 9.92. The topological polar surface area (TPSA) is 38.9 Å². The lowest BCUT2D eigenvalue weighted by molar-refractivity contribution is 0.667. The molecule has 6 aromatic rings. The monoisotopic (exact) mass is 388 g/mol. The van der Waals surface area contributed by atoms with Gasteiger partial charge >= 0.3 is 0 Å². The summed E-state index contributed by atoms with van der Waals surface area (Å²) in [4.78, 5) is 9.30. The minimum Gasteiger partial charge on any atom is -0.452 e. The Hall–Kier alpha value is -3.72. The van der Waals surface area contributed by atoms with Gasteiger partial charge in [0, 0.05) is 5.56 Å². The normalized spacial score (nSPS) is 12.0. The summed E-state index contributed by atoms with van der Waals surface area (Å²) in [6, 6.07) is 25.4. The smallest absolute Gasteiger partial charge is 0.180 e. The standard InChI is InChI=1S/C27H20N2O/c1-16(2)18-12-13-22(21-10-6-5-9-20(18)21)25-27-26(29-15-28-25)24-19-8-4-3-7-17(19)11-14-23(24)30-27/h3-16H,1-2H3. The van der Waals surface area contributed by atoms with E-state index in [2.05, 4.69) is 90.5 Å². The van der Waals surface area contributed by atoms with Gasteiger partial charge in [0.2, 0.25) is 0 Å². The first-order chi connectivity index (χ1) is 14.7. The zero-order chi connectivity index (χ0) is 20.2. The van der Waals surface area contributed by atoms with Gasteiger partial charge in [0.1, 0.15) is 23.1 Å². The average Bonchev–Trinajstić information content (AvgIpc) is 3.17. The van der Waals surface area contributed by atoms with Crippen LogP contribution in [0.4, 0.5) is 0 Å². The molecule has 0 radical (unpaired) electrons. The molecule has 6 rings (SSSR count). The molecular formula is C27H20N2O. The average molecular weight is 388 g/mol. The van der Waals surface area contributed by atoms with Crippen molar-refractivity contribution in [1.82, 2.24) is 9.97 Å². The second-order valence-electron chi connectivity index (χ2n) is 8.06. The number of nitrogens with zero attached hydrogens (tertiary/aromatic N) is 2. The molecular weight excluding hydrogens is 368 g/mol. The molecule has 0 bridgehead atoms. The molecule has 0 aliphatic rings. The molecule has 0 aliphatic heterocycles. The van der Waals surface area contributed by atoms with E-state index in [-0.39, 0.29) is 0 Å². The van der Waals surface area contributed by atoms with Crippen LogP contribution in [0.2, 0.25) is 0 Å². The maximum Gasteiger partial charge on any atom is 0.180 e. The Labute approximate surface area is 174 Å². The molecule has 0 fully saturated rings. The number of hydrogen-bond acceptors (Lipinski definition) is 3. The molecule has 0 atom stereocenters. The van der Waals surface area contributed by atoms with Crippen LogP contribution in [-0.4, -0.2) is 9.97 Å². The third-order valence-corrected chi connectivity index (χ3v) is 5.98. The van der Waals surface area contributed by atoms with Crippen LogP contribution in [0.1, 0.15) is 25.3 Å². The van der Waals surface area contributed by atoms with Crippen molar-refractivity contribution in [2.24, 2.45) is 0 Å². The van der Waals surface area contributed by atoms with E-state index in [1.54, 1.807) is 6.33 Å². The molecule has 0 aliphatic carbocycles. The summed E-state index contributed by atoms with van der Waals surface area (Å²) in [5.74, 6) is 0.451. The molecule has 0 saturated heterocycles. The maximum atomic E-state index is 6.35. The fourth-order valence-electron chi connectivity index (χ4n) is 4.56. The zero-order valence-corrected chi connectivity index (χ0v) is 16.9. The summed E-state index contributed by atoms with van der Waals surface area (Å²) in [7, 11) is 0. The van der Waals surface area contributed by atoms with Crippen LogP contribution in [-0.2, 0) is 0 Å². The third-order valence-electron chi connectivity index (χ3n) is 5.98. The summed E-state index contributed by atoms with van der Waals surface area (Å²) >= 11 is 0. The van der Waals surface area contributed by atoms with E-state index in [1.165, 1.54) is 21.7 Å². The molecule has 4 aromatic carbocycles. The molecule has 3 heteroatoms. The molecule has 3 nitrogen and oxygen atoms in total. The van der Waals surface area contributed by atoms with Crippen molar-refractivity contribution in [3.05, 3.63) is 84.7 Å². The van der Waals surface area contributed by atoms with Crippen LogP contribution >= 0.6 is 0 Å². The highest BCUT2D eigenvalue weighted by Gasteiger charge is 2.19. The first kappa shape index (κ1) is 17.2. The fourth-order valence-corrected chi connectivity index (χ4v) is 4.56. The number of hydrogen-bond donors (Lipinski definition) is 0. The van der Waals surface area contributed by atoms with E-state index < -0.39 is 0 Å². The number of benzene rings is 4. The van der Waals surface area contributed by atoms with Gasteiger partial charge in [-0.2, -0.15) is 0 Å². The van der Waals surface area contributed by atoms with Crippen molar-refractivity contribution in [2.75, 3.05) is 0 Å². The van der Waals surface area contributed by atoms with Crippen LogP contribution in [0.5, 0.6) is 0 Å². The molecule has 30 heavy (non-hydrogen) atoms. The first-order valence-electron chi connectivity index (χ1n) is 10.3. The number of fused-ring (bicyclic) bond motifs is 6. The number of aromatic nitrogens is 2. The Morgan fingerprint density at radius 2 is 1.50 bits per heavy atom. The van der Waals surface area contributed by atoms with Crippen LogP contribution in [0.25, 0.3) is 54.9 Å². The lowest BCUT2D eigenvalue weighted by Crippen LogP contribution is -1.93. The number of rotatable bonds is 2. The van der Waals surface area contributed by atoms with E-state index in [0.29, 0.717) is 5.92 Å². The van der Waals surface area contributed by atoms with Gasteiger partial charge < -0.3 is 4.42 Å². The van der Waals surface area contributed by atoms with Crippen molar-refractivity contribution in [3.8, 4) is 11.3 Å². The lowest BCUT2D eigenvalue weighted by Gasteiger charge is -2.13. The predicted molar refractivity (Wildman–Crippen MR) is 124 cm³/mol. The molecule has 2 heterocycles. The minimum absolute atomic E-state index is 0.451. The van der Waals surface area contributed by atoms with Crippen LogP contribution in [0.15, 0.2) is 83.5 Å². The first-order valence-corrected chi connectivity index (χ1v) is 10.3. The Balaban J connectivity index is 1.72.